The van der Waals surface area contributed by atoms with Gasteiger partial charge in [0, 0.05) is 54.0 Å². The maximum atomic E-state index is 4.05. The van der Waals surface area contributed by atoms with Crippen LogP contribution in [0.2, 0.25) is 0 Å². The van der Waals surface area contributed by atoms with Crippen molar-refractivity contribution in [1.29, 1.82) is 0 Å². The molecule has 0 fully saturated rings. The number of hydrogen-bond donors (Lipinski definition) is 0. The van der Waals surface area contributed by atoms with Crippen molar-refractivity contribution in [3.8, 4) is 9.75 Å². The third-order valence-corrected chi connectivity index (χ3v) is 17.2. The fourth-order valence-electron chi connectivity index (χ4n) is 6.83. The Morgan fingerprint density at radius 3 is 1.90 bits per heavy atom. The zero-order valence-electron chi connectivity index (χ0n) is 30.4. The van der Waals surface area contributed by atoms with Crippen molar-refractivity contribution in [2.75, 3.05) is 5.75 Å². The Morgan fingerprint density at radius 2 is 1.24 bits per heavy atom. The van der Waals surface area contributed by atoms with Crippen LogP contribution < -0.4 is 0 Å². The lowest BCUT2D eigenvalue weighted by atomic mass is 9.96. The van der Waals surface area contributed by atoms with E-state index in [0.717, 1.165) is 23.7 Å². The molecule has 0 saturated carbocycles. The van der Waals surface area contributed by atoms with E-state index in [4.69, 9.17) is 0 Å². The van der Waals surface area contributed by atoms with E-state index in [9.17, 15) is 0 Å². The first-order chi connectivity index (χ1) is 23.7. The molecule has 0 spiro atoms. The molecule has 0 aliphatic rings. The topological polar surface area (TPSA) is 0 Å². The summed E-state index contributed by atoms with van der Waals surface area (Å²) in [6.45, 7) is 18.3. The number of aryl methyl sites for hydroxylation is 1. The average Bonchev–Trinajstić information content (AvgIpc) is 3.87. The molecule has 6 heteroatoms. The van der Waals surface area contributed by atoms with Crippen LogP contribution in [0.3, 0.4) is 0 Å². The van der Waals surface area contributed by atoms with Crippen LogP contribution in [0.15, 0.2) is 55.1 Å². The SMILES string of the molecule is C=C/C=C(\SCCCC(C)CCCC(C)C)c1cc2sc3cc4c(cc3c2s1)sc1cc(-c2ccc(CCC(C)CCCC(C)C)s2)sc14. The maximum absolute atomic E-state index is 4.05. The van der Waals surface area contributed by atoms with E-state index in [1.165, 1.54) is 128 Å². The van der Waals surface area contributed by atoms with Crippen LogP contribution in [0.4, 0.5) is 0 Å². The average molecular weight is 763 g/mol. The highest BCUT2D eigenvalue weighted by Gasteiger charge is 2.18. The summed E-state index contributed by atoms with van der Waals surface area (Å²) in [6, 6.07) is 14.6. The molecular formula is C43H54S6. The number of thioether (sulfide) groups is 1. The van der Waals surface area contributed by atoms with Gasteiger partial charge in [-0.15, -0.1) is 68.4 Å². The van der Waals surface area contributed by atoms with Gasteiger partial charge in [0.05, 0.1) is 9.40 Å². The zero-order chi connectivity index (χ0) is 34.5. The van der Waals surface area contributed by atoms with Gasteiger partial charge in [-0.1, -0.05) is 92.7 Å². The van der Waals surface area contributed by atoms with Crippen LogP contribution in [-0.2, 0) is 6.42 Å². The first kappa shape index (κ1) is 37.4. The van der Waals surface area contributed by atoms with Gasteiger partial charge in [-0.2, -0.15) is 0 Å². The molecule has 0 nitrogen and oxygen atoms in total. The van der Waals surface area contributed by atoms with E-state index in [1.54, 1.807) is 4.88 Å². The normalized spacial score (nSPS) is 14.1. The van der Waals surface area contributed by atoms with Crippen LogP contribution in [0, 0.1) is 23.7 Å². The molecule has 2 unspecified atom stereocenters. The largest absolute Gasteiger partial charge is 0.139 e. The Bertz CT molecular complexity index is 2000. The number of allylic oxidation sites excluding steroid dienone is 2. The summed E-state index contributed by atoms with van der Waals surface area (Å²) >= 11 is 11.9. The van der Waals surface area contributed by atoms with E-state index in [2.05, 4.69) is 90.6 Å². The fourth-order valence-corrected chi connectivity index (χ4v) is 14.2. The molecule has 0 aliphatic carbocycles. The highest BCUT2D eigenvalue weighted by molar-refractivity contribution is 8.08. The standard InChI is InChI=1S/C43H54S6/c1-8-12-34(44-22-11-17-29(6)15-9-13-27(2)3)38-25-40-42(48-38)32-23-37-33(24-36(32)46-40)43-41(47-37)26-39(49-43)35-21-20-31(45-35)19-18-30(7)16-10-14-28(4)5/h8,12,20-21,23-30H,1,9-11,13-19,22H2,2-7H3/b34-12-. The predicted molar refractivity (Wildman–Crippen MR) is 235 cm³/mol. The van der Waals surface area contributed by atoms with Gasteiger partial charge < -0.3 is 0 Å². The van der Waals surface area contributed by atoms with Crippen LogP contribution >= 0.6 is 68.4 Å². The minimum atomic E-state index is 0.816. The lowest BCUT2D eigenvalue weighted by Crippen LogP contribution is -1.98. The third-order valence-electron chi connectivity index (χ3n) is 9.76. The Hall–Kier alpha value is -1.41. The number of benzene rings is 1. The van der Waals surface area contributed by atoms with E-state index in [-0.39, 0.29) is 0 Å². The van der Waals surface area contributed by atoms with Gasteiger partial charge in [0.1, 0.15) is 0 Å². The highest BCUT2D eigenvalue weighted by Crippen LogP contribution is 2.49. The maximum Gasteiger partial charge on any atom is 0.0536 e. The lowest BCUT2D eigenvalue weighted by molar-refractivity contribution is 0.434. The van der Waals surface area contributed by atoms with E-state index in [0.29, 0.717) is 0 Å². The first-order valence-electron chi connectivity index (χ1n) is 18.6. The molecule has 0 N–H and O–H groups in total. The molecular weight excluding hydrogens is 709 g/mol. The monoisotopic (exact) mass is 762 g/mol. The van der Waals surface area contributed by atoms with Crippen molar-refractivity contribution >= 4 is 112 Å². The minimum absolute atomic E-state index is 0.816. The van der Waals surface area contributed by atoms with Crippen molar-refractivity contribution in [3.63, 3.8) is 0 Å². The van der Waals surface area contributed by atoms with Gasteiger partial charge >= 0.3 is 0 Å². The number of hydrogen-bond acceptors (Lipinski definition) is 6. The molecule has 5 heterocycles. The Kier molecular flexibility index (Phi) is 13.3. The molecule has 1 aromatic carbocycles. The first-order valence-corrected chi connectivity index (χ1v) is 23.6. The molecule has 2 atom stereocenters. The van der Waals surface area contributed by atoms with Crippen LogP contribution in [0.5, 0.6) is 0 Å². The number of thiophene rings is 5. The van der Waals surface area contributed by atoms with Gasteiger partial charge in [-0.05, 0) is 97.6 Å². The summed E-state index contributed by atoms with van der Waals surface area (Å²) < 4.78 is 8.61. The van der Waals surface area contributed by atoms with E-state index >= 15 is 0 Å². The van der Waals surface area contributed by atoms with Crippen molar-refractivity contribution < 1.29 is 0 Å². The van der Waals surface area contributed by atoms with Crippen LogP contribution in [-0.4, -0.2) is 5.75 Å². The van der Waals surface area contributed by atoms with Gasteiger partial charge in [-0.25, -0.2) is 0 Å². The zero-order valence-corrected chi connectivity index (χ0v) is 35.3. The van der Waals surface area contributed by atoms with Crippen molar-refractivity contribution in [3.05, 3.63) is 64.9 Å². The molecule has 0 saturated heterocycles. The summed E-state index contributed by atoms with van der Waals surface area (Å²) in [5, 5.41) is 2.86. The molecule has 6 rings (SSSR count). The molecule has 0 amide bonds. The molecule has 0 radical (unpaired) electrons. The van der Waals surface area contributed by atoms with E-state index in [1.807, 2.05) is 74.5 Å². The summed E-state index contributed by atoms with van der Waals surface area (Å²) in [5.74, 6) is 4.48. The third kappa shape index (κ3) is 9.53. The van der Waals surface area contributed by atoms with Crippen LogP contribution in [0.25, 0.3) is 53.6 Å². The smallest absolute Gasteiger partial charge is 0.0536 e. The Labute approximate surface area is 319 Å². The Balaban J connectivity index is 1.12. The second kappa shape index (κ2) is 17.4. The number of rotatable bonds is 19. The fraction of sp³-hybridized carbons (Fsp3) is 0.488. The molecule has 5 aromatic heterocycles. The second-order valence-electron chi connectivity index (χ2n) is 15.1. The van der Waals surface area contributed by atoms with Crippen LogP contribution in [0.1, 0.15) is 109 Å². The summed E-state index contributed by atoms with van der Waals surface area (Å²) in [5.41, 5.74) is 0. The summed E-state index contributed by atoms with van der Waals surface area (Å²) in [4.78, 5) is 7.18. The van der Waals surface area contributed by atoms with E-state index < -0.39 is 0 Å². The molecule has 262 valence electrons. The van der Waals surface area contributed by atoms with Gasteiger partial charge in [0.15, 0.2) is 0 Å². The van der Waals surface area contributed by atoms with Gasteiger partial charge in [0.25, 0.3) is 0 Å². The second-order valence-corrected chi connectivity index (χ2v) is 21.7. The summed E-state index contributed by atoms with van der Waals surface area (Å²) in [6.07, 6.45) is 17.5. The van der Waals surface area contributed by atoms with Gasteiger partial charge in [0.2, 0.25) is 0 Å². The van der Waals surface area contributed by atoms with Crippen molar-refractivity contribution in [1.82, 2.24) is 0 Å². The Morgan fingerprint density at radius 1 is 0.633 bits per heavy atom. The minimum Gasteiger partial charge on any atom is -0.139 e. The summed E-state index contributed by atoms with van der Waals surface area (Å²) in [7, 11) is 0. The molecule has 0 aliphatic heterocycles. The van der Waals surface area contributed by atoms with Crippen molar-refractivity contribution in [2.24, 2.45) is 23.7 Å². The van der Waals surface area contributed by atoms with Crippen molar-refractivity contribution in [2.45, 2.75) is 106 Å². The van der Waals surface area contributed by atoms with Gasteiger partial charge in [-0.3, -0.25) is 0 Å². The highest BCUT2D eigenvalue weighted by atomic mass is 32.2. The lowest BCUT2D eigenvalue weighted by Gasteiger charge is -2.12. The quantitative estimate of drug-likeness (QED) is 0.0585. The molecule has 49 heavy (non-hydrogen) atoms. The molecule has 0 bridgehead atoms. The molecule has 6 aromatic rings. The number of fused-ring (bicyclic) bond motifs is 6. The predicted octanol–water partition coefficient (Wildman–Crippen LogP) is 17.2.